The first-order valence-corrected chi connectivity index (χ1v) is 8.78. The summed E-state index contributed by atoms with van der Waals surface area (Å²) in [6.45, 7) is 3.26. The van der Waals surface area contributed by atoms with E-state index in [2.05, 4.69) is 10.3 Å². The minimum absolute atomic E-state index is 0. The van der Waals surface area contributed by atoms with Gasteiger partial charge in [0.05, 0.1) is 6.54 Å². The highest BCUT2D eigenvalue weighted by Gasteiger charge is 2.10. The van der Waals surface area contributed by atoms with E-state index in [0.717, 1.165) is 5.56 Å². The average molecular weight is 505 g/mol. The molecule has 0 amide bonds. The smallest absolute Gasteiger partial charge is 0.194 e. The SMILES string of the molecule is CCNC(=NCC(O)COc1ccc(F)cc1)N(C)Cc1cccc(F)c1.I. The lowest BCUT2D eigenvalue weighted by Crippen LogP contribution is -2.39. The number of hydrogen-bond donors (Lipinski definition) is 2. The predicted molar refractivity (Wildman–Crippen MR) is 117 cm³/mol. The Labute approximate surface area is 181 Å². The van der Waals surface area contributed by atoms with Crippen LogP contribution in [0, 0.1) is 11.6 Å². The van der Waals surface area contributed by atoms with Crippen LogP contribution in [-0.2, 0) is 6.54 Å². The lowest BCUT2D eigenvalue weighted by Gasteiger charge is -2.22. The maximum atomic E-state index is 13.3. The van der Waals surface area contributed by atoms with Gasteiger partial charge < -0.3 is 20.1 Å². The molecule has 154 valence electrons. The van der Waals surface area contributed by atoms with Crippen LogP contribution in [0.2, 0.25) is 0 Å². The molecule has 2 aromatic carbocycles. The number of aliphatic hydroxyl groups excluding tert-OH is 1. The van der Waals surface area contributed by atoms with Crippen molar-refractivity contribution in [1.82, 2.24) is 10.2 Å². The molecule has 0 aliphatic carbocycles. The summed E-state index contributed by atoms with van der Waals surface area (Å²) in [5, 5.41) is 13.2. The largest absolute Gasteiger partial charge is 0.491 e. The highest BCUT2D eigenvalue weighted by atomic mass is 127. The van der Waals surface area contributed by atoms with Crippen LogP contribution in [0.1, 0.15) is 12.5 Å². The molecule has 0 aliphatic rings. The van der Waals surface area contributed by atoms with Gasteiger partial charge in [-0.3, -0.25) is 4.99 Å². The molecule has 0 saturated heterocycles. The summed E-state index contributed by atoms with van der Waals surface area (Å²) < 4.78 is 31.6. The zero-order chi connectivity index (χ0) is 19.6. The first-order valence-electron chi connectivity index (χ1n) is 8.78. The van der Waals surface area contributed by atoms with Crippen molar-refractivity contribution in [2.75, 3.05) is 26.7 Å². The summed E-state index contributed by atoms with van der Waals surface area (Å²) >= 11 is 0. The highest BCUT2D eigenvalue weighted by Crippen LogP contribution is 2.11. The Morgan fingerprint density at radius 2 is 1.89 bits per heavy atom. The van der Waals surface area contributed by atoms with Gasteiger partial charge in [0, 0.05) is 20.1 Å². The molecule has 0 radical (unpaired) electrons. The number of ether oxygens (including phenoxy) is 1. The molecule has 5 nitrogen and oxygen atoms in total. The fraction of sp³-hybridized carbons (Fsp3) is 0.350. The van der Waals surface area contributed by atoms with E-state index in [4.69, 9.17) is 4.74 Å². The van der Waals surface area contributed by atoms with Crippen LogP contribution in [-0.4, -0.2) is 48.8 Å². The predicted octanol–water partition coefficient (Wildman–Crippen LogP) is 3.42. The monoisotopic (exact) mass is 505 g/mol. The van der Waals surface area contributed by atoms with Gasteiger partial charge in [0.15, 0.2) is 5.96 Å². The first kappa shape index (κ1) is 24.1. The molecule has 2 rings (SSSR count). The van der Waals surface area contributed by atoms with Crippen LogP contribution in [0.15, 0.2) is 53.5 Å². The van der Waals surface area contributed by atoms with E-state index in [9.17, 15) is 13.9 Å². The lowest BCUT2D eigenvalue weighted by molar-refractivity contribution is 0.114. The molecule has 0 spiro atoms. The van der Waals surface area contributed by atoms with Gasteiger partial charge in [0.1, 0.15) is 30.1 Å². The number of aliphatic imine (C=N–C) groups is 1. The van der Waals surface area contributed by atoms with Crippen molar-refractivity contribution in [2.45, 2.75) is 19.6 Å². The molecule has 28 heavy (non-hydrogen) atoms. The molecular formula is C20H26F2IN3O2. The molecule has 0 aromatic heterocycles. The number of guanidine groups is 1. The Balaban J connectivity index is 0.00000392. The molecule has 0 heterocycles. The topological polar surface area (TPSA) is 57.1 Å². The number of rotatable bonds is 8. The van der Waals surface area contributed by atoms with E-state index >= 15 is 0 Å². The molecule has 8 heteroatoms. The summed E-state index contributed by atoms with van der Waals surface area (Å²) in [4.78, 5) is 6.26. The van der Waals surface area contributed by atoms with Crippen LogP contribution in [0.4, 0.5) is 8.78 Å². The number of aliphatic hydroxyl groups is 1. The van der Waals surface area contributed by atoms with Gasteiger partial charge in [0.25, 0.3) is 0 Å². The van der Waals surface area contributed by atoms with Crippen molar-refractivity contribution in [2.24, 2.45) is 4.99 Å². The third-order valence-corrected chi connectivity index (χ3v) is 3.71. The van der Waals surface area contributed by atoms with Crippen LogP contribution in [0.25, 0.3) is 0 Å². The van der Waals surface area contributed by atoms with Gasteiger partial charge in [-0.05, 0) is 48.9 Å². The second-order valence-electron chi connectivity index (χ2n) is 6.10. The van der Waals surface area contributed by atoms with Crippen molar-refractivity contribution in [3.8, 4) is 5.75 Å². The summed E-state index contributed by atoms with van der Waals surface area (Å²) in [7, 11) is 1.84. The fourth-order valence-corrected chi connectivity index (χ4v) is 2.42. The maximum Gasteiger partial charge on any atom is 0.194 e. The Morgan fingerprint density at radius 3 is 2.54 bits per heavy atom. The molecule has 0 saturated carbocycles. The number of halogens is 3. The molecule has 2 N–H and O–H groups in total. The van der Waals surface area contributed by atoms with Gasteiger partial charge in [-0.2, -0.15) is 0 Å². The Morgan fingerprint density at radius 1 is 1.18 bits per heavy atom. The summed E-state index contributed by atoms with van der Waals surface area (Å²) in [6.07, 6.45) is -0.814. The number of hydrogen-bond acceptors (Lipinski definition) is 3. The third-order valence-electron chi connectivity index (χ3n) is 3.71. The number of benzene rings is 2. The summed E-state index contributed by atoms with van der Waals surface area (Å²) in [5.41, 5.74) is 0.822. The van der Waals surface area contributed by atoms with Crippen LogP contribution in [0.3, 0.4) is 0 Å². The second kappa shape index (κ2) is 12.5. The zero-order valence-electron chi connectivity index (χ0n) is 15.9. The summed E-state index contributed by atoms with van der Waals surface area (Å²) in [5.74, 6) is 0.456. The van der Waals surface area contributed by atoms with Crippen molar-refractivity contribution >= 4 is 29.9 Å². The van der Waals surface area contributed by atoms with E-state index in [-0.39, 0.29) is 48.8 Å². The maximum absolute atomic E-state index is 13.3. The van der Waals surface area contributed by atoms with Gasteiger partial charge in [0.2, 0.25) is 0 Å². The molecular weight excluding hydrogens is 479 g/mol. The van der Waals surface area contributed by atoms with Crippen LogP contribution < -0.4 is 10.1 Å². The molecule has 0 fully saturated rings. The van der Waals surface area contributed by atoms with E-state index in [1.165, 1.54) is 36.4 Å². The van der Waals surface area contributed by atoms with Crippen LogP contribution >= 0.6 is 24.0 Å². The van der Waals surface area contributed by atoms with E-state index in [0.29, 0.717) is 24.8 Å². The zero-order valence-corrected chi connectivity index (χ0v) is 18.3. The van der Waals surface area contributed by atoms with E-state index in [1.807, 2.05) is 24.9 Å². The van der Waals surface area contributed by atoms with Crippen LogP contribution in [0.5, 0.6) is 5.75 Å². The standard InChI is InChI=1S/C20H25F2N3O2.HI/c1-3-23-20(25(2)13-15-5-4-6-17(22)11-15)24-12-18(26)14-27-19-9-7-16(21)8-10-19;/h4-11,18,26H,3,12-14H2,1-2H3,(H,23,24);1H. The third kappa shape index (κ3) is 8.39. The lowest BCUT2D eigenvalue weighted by atomic mass is 10.2. The van der Waals surface area contributed by atoms with Gasteiger partial charge in [-0.25, -0.2) is 8.78 Å². The van der Waals surface area contributed by atoms with E-state index in [1.54, 1.807) is 6.07 Å². The molecule has 0 bridgehead atoms. The normalized spacial score (nSPS) is 12.1. The van der Waals surface area contributed by atoms with Crippen molar-refractivity contribution in [1.29, 1.82) is 0 Å². The molecule has 2 aromatic rings. The highest BCUT2D eigenvalue weighted by molar-refractivity contribution is 14.0. The van der Waals surface area contributed by atoms with Gasteiger partial charge in [-0.1, -0.05) is 12.1 Å². The Kier molecular flexibility index (Phi) is 10.8. The molecule has 1 atom stereocenters. The fourth-order valence-electron chi connectivity index (χ4n) is 2.42. The Hall–Kier alpha value is -1.94. The minimum Gasteiger partial charge on any atom is -0.491 e. The summed E-state index contributed by atoms with van der Waals surface area (Å²) in [6, 6.07) is 12.0. The number of nitrogens with one attached hydrogen (secondary N) is 1. The second-order valence-corrected chi connectivity index (χ2v) is 6.10. The van der Waals surface area contributed by atoms with Crippen molar-refractivity contribution in [3.05, 3.63) is 65.7 Å². The van der Waals surface area contributed by atoms with E-state index < -0.39 is 6.10 Å². The molecule has 0 aliphatic heterocycles. The quantitative estimate of drug-likeness (QED) is 0.328. The number of nitrogens with zero attached hydrogens (tertiary/aromatic N) is 2. The average Bonchev–Trinajstić information content (AvgIpc) is 2.64. The van der Waals surface area contributed by atoms with Gasteiger partial charge >= 0.3 is 0 Å². The van der Waals surface area contributed by atoms with Crippen molar-refractivity contribution in [3.63, 3.8) is 0 Å². The molecule has 1 unspecified atom stereocenters. The van der Waals surface area contributed by atoms with Gasteiger partial charge in [-0.15, -0.1) is 24.0 Å². The minimum atomic E-state index is -0.814. The van der Waals surface area contributed by atoms with Crippen molar-refractivity contribution < 1.29 is 18.6 Å². The first-order chi connectivity index (χ1) is 13.0. The Bertz CT molecular complexity index is 744.